The quantitative estimate of drug-likeness (QED) is 0.0573. The third kappa shape index (κ3) is 12.6. The highest BCUT2D eigenvalue weighted by Crippen LogP contribution is 2.38. The molecule has 4 N–H and O–H groups in total. The monoisotopic (exact) mass is 970 g/mol. The lowest BCUT2D eigenvalue weighted by Gasteiger charge is -2.32. The Labute approximate surface area is 392 Å². The number of benzene rings is 2. The molecule has 6 heterocycles. The number of aliphatic hydroxyl groups excluding tert-OH is 2. The molecular weight excluding hydrogens is 926 g/mol. The van der Waals surface area contributed by atoms with Crippen molar-refractivity contribution >= 4 is 70.6 Å². The largest absolute Gasteiger partial charge is 0.498 e. The van der Waals surface area contributed by atoms with Gasteiger partial charge in [-0.15, -0.1) is 17.6 Å². The Morgan fingerprint density at radius 1 is 0.716 bits per heavy atom. The zero-order valence-corrected chi connectivity index (χ0v) is 37.9. The first-order chi connectivity index (χ1) is 31.5. The number of pyridine rings is 2. The van der Waals surface area contributed by atoms with Crippen molar-refractivity contribution in [3.63, 3.8) is 0 Å². The van der Waals surface area contributed by atoms with E-state index in [1.807, 2.05) is 37.5 Å². The van der Waals surface area contributed by atoms with E-state index in [1.165, 1.54) is 60.9 Å². The summed E-state index contributed by atoms with van der Waals surface area (Å²) in [5.41, 5.74) is -5.57. The molecule has 67 heavy (non-hydrogen) atoms. The van der Waals surface area contributed by atoms with E-state index in [1.54, 1.807) is 30.6 Å². The average Bonchev–Trinajstić information content (AvgIpc) is 3.96. The Morgan fingerprint density at radius 3 is 1.61 bits per heavy atom. The Kier molecular flexibility index (Phi) is 14.5. The molecule has 2 atom stereocenters. The summed E-state index contributed by atoms with van der Waals surface area (Å²) in [6.45, 7) is 9.85. The standard InChI is InChI=1S/C23H27BClF2N3O5.C21H18ClF2N5O3/c1-21(2)22(3,4)35-24(34-21)18-11-14(12-28-19(18)30-10-9-16(31)13-30)20(32)29-15-5-7-17(8-6-15)33-23(25,26)27;22-21(23,24)32-17-3-1-15(2-4-17)28-20(31)14-9-18(13-5-7-26-27-11-13)19(25-10-14)29-8-6-16(30)12-29/h5-8,11-12,16,31H,9-10,13H2,1-4H3,(H,29,32);1-5,7,9-11,16,30H,6,8,12H2,(H,28,31)/t2*16-/m11/s1. The minimum atomic E-state index is -3.83. The van der Waals surface area contributed by atoms with Crippen LogP contribution in [0.4, 0.5) is 40.6 Å². The van der Waals surface area contributed by atoms with Gasteiger partial charge >= 0.3 is 18.3 Å². The van der Waals surface area contributed by atoms with E-state index >= 15 is 0 Å². The van der Waals surface area contributed by atoms with Gasteiger partial charge in [-0.25, -0.2) is 9.97 Å². The fraction of sp³-hybridized carbons (Fsp3) is 0.364. The molecule has 0 radical (unpaired) electrons. The van der Waals surface area contributed by atoms with Crippen LogP contribution < -0.4 is 35.4 Å². The van der Waals surface area contributed by atoms with Crippen molar-refractivity contribution in [1.82, 2.24) is 20.2 Å². The van der Waals surface area contributed by atoms with E-state index < -0.39 is 53.5 Å². The maximum absolute atomic E-state index is 13.0. The van der Waals surface area contributed by atoms with Gasteiger partial charge in [-0.1, -0.05) is 0 Å². The number of nitrogens with one attached hydrogen (secondary N) is 2. The molecule has 354 valence electrons. The van der Waals surface area contributed by atoms with Crippen molar-refractivity contribution in [2.24, 2.45) is 0 Å². The number of carbonyl (C=O) groups is 2. The molecule has 0 saturated carbocycles. The number of nitrogens with zero attached hydrogens (tertiary/aromatic N) is 6. The summed E-state index contributed by atoms with van der Waals surface area (Å²) >= 11 is 9.52. The molecule has 2 aromatic carbocycles. The number of rotatable bonds is 12. The number of β-amino-alcohol motifs (C(OH)–C–C–N with tert-alkyl or cyclic N) is 2. The summed E-state index contributed by atoms with van der Waals surface area (Å²) < 4.78 is 72.0. The summed E-state index contributed by atoms with van der Waals surface area (Å²) in [5.74, 6) is 0.0265. The average molecular weight is 972 g/mol. The van der Waals surface area contributed by atoms with Gasteiger partial charge < -0.3 is 49.4 Å². The summed E-state index contributed by atoms with van der Waals surface area (Å²) in [6, 6.07) is 15.8. The van der Waals surface area contributed by atoms with Crippen LogP contribution in [0, 0.1) is 0 Å². The number of amides is 2. The number of aliphatic hydroxyl groups is 2. The minimum Gasteiger partial charge on any atom is -0.420 e. The van der Waals surface area contributed by atoms with E-state index in [9.17, 15) is 37.4 Å². The topological polar surface area (TPSA) is 194 Å². The van der Waals surface area contributed by atoms with Crippen LogP contribution in [0.1, 0.15) is 61.3 Å². The molecular formula is C44H45BCl2F4N8O8. The molecule has 3 aromatic heterocycles. The molecule has 3 saturated heterocycles. The smallest absolute Gasteiger partial charge is 0.420 e. The third-order valence-corrected chi connectivity index (χ3v) is 11.5. The molecule has 3 fully saturated rings. The molecule has 3 aliphatic rings. The number of anilines is 4. The Morgan fingerprint density at radius 2 is 1.18 bits per heavy atom. The first kappa shape index (κ1) is 49.1. The molecule has 23 heteroatoms. The highest BCUT2D eigenvalue weighted by molar-refractivity contribution is 6.64. The van der Waals surface area contributed by atoms with E-state index in [0.29, 0.717) is 73.1 Å². The molecule has 0 bridgehead atoms. The van der Waals surface area contributed by atoms with Crippen molar-refractivity contribution in [3.05, 3.63) is 103 Å². The molecule has 3 aliphatic heterocycles. The van der Waals surface area contributed by atoms with Crippen LogP contribution in [0.2, 0.25) is 0 Å². The van der Waals surface area contributed by atoms with Crippen LogP contribution in [-0.4, -0.2) is 110 Å². The number of ether oxygens (including phenoxy) is 2. The number of aromatic nitrogens is 4. The molecule has 8 rings (SSSR count). The van der Waals surface area contributed by atoms with Crippen LogP contribution >= 0.6 is 23.2 Å². The predicted octanol–water partition coefficient (Wildman–Crippen LogP) is 6.90. The van der Waals surface area contributed by atoms with Gasteiger partial charge in [-0.2, -0.15) is 10.2 Å². The van der Waals surface area contributed by atoms with E-state index in [-0.39, 0.29) is 22.6 Å². The molecule has 0 aliphatic carbocycles. The van der Waals surface area contributed by atoms with E-state index in [4.69, 9.17) is 32.5 Å². The number of hydrogen-bond acceptors (Lipinski definition) is 14. The molecule has 5 aromatic rings. The maximum atomic E-state index is 13.0. The maximum Gasteiger partial charge on any atom is 0.498 e. The fourth-order valence-electron chi connectivity index (χ4n) is 7.26. The molecule has 0 unspecified atom stereocenters. The van der Waals surface area contributed by atoms with Gasteiger partial charge in [-0.05, 0) is 107 Å². The lowest BCUT2D eigenvalue weighted by molar-refractivity contribution is -0.0972. The summed E-state index contributed by atoms with van der Waals surface area (Å²) in [5, 5.41) is 33.0. The number of alkyl halides is 6. The van der Waals surface area contributed by atoms with Crippen molar-refractivity contribution in [1.29, 1.82) is 0 Å². The van der Waals surface area contributed by atoms with Gasteiger partial charge in [0.2, 0.25) is 0 Å². The van der Waals surface area contributed by atoms with Gasteiger partial charge in [0.25, 0.3) is 11.8 Å². The van der Waals surface area contributed by atoms with Crippen LogP contribution in [0.25, 0.3) is 11.1 Å². The van der Waals surface area contributed by atoms with Crippen LogP contribution in [0.15, 0.2) is 91.5 Å². The summed E-state index contributed by atoms with van der Waals surface area (Å²) in [7, 11) is -0.762. The highest BCUT2D eigenvalue weighted by Gasteiger charge is 2.53. The lowest BCUT2D eigenvalue weighted by Crippen LogP contribution is -2.41. The normalized spacial score (nSPS) is 18.8. The van der Waals surface area contributed by atoms with Gasteiger partial charge in [-0.3, -0.25) is 9.59 Å². The zero-order valence-electron chi connectivity index (χ0n) is 36.4. The van der Waals surface area contributed by atoms with Crippen molar-refractivity contribution in [2.75, 3.05) is 46.6 Å². The fourth-order valence-corrected chi connectivity index (χ4v) is 7.44. The zero-order chi connectivity index (χ0) is 48.3. The Hall–Kier alpha value is -5.84. The second-order valence-corrected chi connectivity index (χ2v) is 17.7. The van der Waals surface area contributed by atoms with E-state index in [2.05, 4.69) is 40.3 Å². The predicted molar refractivity (Wildman–Crippen MR) is 243 cm³/mol. The van der Waals surface area contributed by atoms with Crippen LogP contribution in [-0.2, 0) is 9.31 Å². The molecule has 0 spiro atoms. The number of halogens is 6. The van der Waals surface area contributed by atoms with E-state index in [0.717, 1.165) is 5.56 Å². The number of hydrogen-bond donors (Lipinski definition) is 4. The third-order valence-electron chi connectivity index (χ3n) is 11.3. The first-order valence-corrected chi connectivity index (χ1v) is 21.6. The van der Waals surface area contributed by atoms with Crippen molar-refractivity contribution in [2.45, 2.75) is 75.1 Å². The van der Waals surface area contributed by atoms with Crippen LogP contribution in [0.5, 0.6) is 11.5 Å². The Balaban J connectivity index is 0.000000200. The van der Waals surface area contributed by atoms with Gasteiger partial charge in [0, 0.05) is 89.7 Å². The summed E-state index contributed by atoms with van der Waals surface area (Å²) in [4.78, 5) is 38.7. The summed E-state index contributed by atoms with van der Waals surface area (Å²) in [6.07, 6.45) is 6.34. The second kappa shape index (κ2) is 19.8. The van der Waals surface area contributed by atoms with Crippen LogP contribution in [0.3, 0.4) is 0 Å². The molecule has 16 nitrogen and oxygen atoms in total. The van der Waals surface area contributed by atoms with Gasteiger partial charge in [0.15, 0.2) is 0 Å². The van der Waals surface area contributed by atoms with Gasteiger partial charge in [0.1, 0.15) is 23.1 Å². The van der Waals surface area contributed by atoms with Crippen molar-refractivity contribution < 1.29 is 56.1 Å². The van der Waals surface area contributed by atoms with Gasteiger partial charge in [0.05, 0.1) is 46.9 Å². The van der Waals surface area contributed by atoms with Crippen molar-refractivity contribution in [3.8, 4) is 22.6 Å². The minimum absolute atomic E-state index is 0.144. The second-order valence-electron chi connectivity index (χ2n) is 16.8. The molecule has 2 amide bonds. The highest BCUT2D eigenvalue weighted by atomic mass is 35.5. The first-order valence-electron chi connectivity index (χ1n) is 20.9. The number of carbonyl (C=O) groups excluding carboxylic acids is 2. The Bertz CT molecular complexity index is 2530. The lowest BCUT2D eigenvalue weighted by atomic mass is 9.78. The SMILES string of the molecule is CC1(C)OB(c2cc(C(=O)Nc3ccc(OC(F)(F)Cl)cc3)cnc2N2CC[C@@H](O)C2)OC1(C)C.O=C(Nc1ccc(OC(F)(F)Cl)cc1)c1cnc(N2CC[C@@H](O)C2)c(-c2ccnnc2)c1.